The SMILES string of the molecule is O=C1Nc2cc(Br)ccc2[C@H]1O. The zero-order valence-electron chi connectivity index (χ0n) is 6.04. The summed E-state index contributed by atoms with van der Waals surface area (Å²) in [6.45, 7) is 0. The number of hydrogen-bond acceptors (Lipinski definition) is 2. The molecule has 1 amide bonds. The average molecular weight is 228 g/mol. The summed E-state index contributed by atoms with van der Waals surface area (Å²) in [4.78, 5) is 11.0. The molecule has 0 fully saturated rings. The van der Waals surface area contributed by atoms with E-state index in [4.69, 9.17) is 0 Å². The zero-order chi connectivity index (χ0) is 8.72. The number of halogens is 1. The summed E-state index contributed by atoms with van der Waals surface area (Å²) in [6.07, 6.45) is -1.01. The average Bonchev–Trinajstić information content (AvgIpc) is 2.28. The van der Waals surface area contributed by atoms with Gasteiger partial charge < -0.3 is 10.4 Å². The first-order chi connectivity index (χ1) is 5.68. The highest BCUT2D eigenvalue weighted by molar-refractivity contribution is 9.10. The minimum Gasteiger partial charge on any atom is -0.378 e. The van der Waals surface area contributed by atoms with E-state index >= 15 is 0 Å². The van der Waals surface area contributed by atoms with Gasteiger partial charge in [0.1, 0.15) is 0 Å². The molecular formula is C8H6BrNO2. The Morgan fingerprint density at radius 3 is 3.00 bits per heavy atom. The molecular weight excluding hydrogens is 222 g/mol. The second kappa shape index (κ2) is 2.57. The van der Waals surface area contributed by atoms with Gasteiger partial charge in [0, 0.05) is 15.7 Å². The molecule has 0 saturated heterocycles. The first-order valence-electron chi connectivity index (χ1n) is 3.47. The molecule has 62 valence electrons. The number of benzene rings is 1. The number of amides is 1. The normalized spacial score (nSPS) is 20.5. The van der Waals surface area contributed by atoms with Gasteiger partial charge in [-0.25, -0.2) is 0 Å². The van der Waals surface area contributed by atoms with Crippen LogP contribution in [0.2, 0.25) is 0 Å². The Labute approximate surface area is 77.5 Å². The van der Waals surface area contributed by atoms with Crippen molar-refractivity contribution in [3.8, 4) is 0 Å². The summed E-state index contributed by atoms with van der Waals surface area (Å²) in [6, 6.07) is 5.29. The topological polar surface area (TPSA) is 49.3 Å². The van der Waals surface area contributed by atoms with Crippen LogP contribution < -0.4 is 5.32 Å². The van der Waals surface area contributed by atoms with Crippen LogP contribution in [0.15, 0.2) is 22.7 Å². The molecule has 4 heteroatoms. The van der Waals surface area contributed by atoms with E-state index in [1.807, 2.05) is 0 Å². The van der Waals surface area contributed by atoms with Crippen LogP contribution in [0.5, 0.6) is 0 Å². The number of hydrogen-bond donors (Lipinski definition) is 2. The van der Waals surface area contributed by atoms with Crippen LogP contribution in [0.1, 0.15) is 11.7 Å². The summed E-state index contributed by atoms with van der Waals surface area (Å²) >= 11 is 3.27. The number of fused-ring (bicyclic) bond motifs is 1. The summed E-state index contributed by atoms with van der Waals surface area (Å²) in [5.74, 6) is -0.358. The predicted octanol–water partition coefficient (Wildman–Crippen LogP) is 1.43. The molecule has 1 aliphatic rings. The molecule has 12 heavy (non-hydrogen) atoms. The van der Waals surface area contributed by atoms with Gasteiger partial charge >= 0.3 is 0 Å². The van der Waals surface area contributed by atoms with E-state index in [2.05, 4.69) is 21.2 Å². The van der Waals surface area contributed by atoms with E-state index in [-0.39, 0.29) is 5.91 Å². The van der Waals surface area contributed by atoms with Gasteiger partial charge in [0.15, 0.2) is 6.10 Å². The summed E-state index contributed by atoms with van der Waals surface area (Å²) in [7, 11) is 0. The lowest BCUT2D eigenvalue weighted by Crippen LogP contribution is -2.10. The third-order valence-corrected chi connectivity index (χ3v) is 2.31. The van der Waals surface area contributed by atoms with E-state index in [1.165, 1.54) is 0 Å². The summed E-state index contributed by atoms with van der Waals surface area (Å²) < 4.78 is 0.885. The van der Waals surface area contributed by atoms with E-state index < -0.39 is 6.10 Å². The van der Waals surface area contributed by atoms with Crippen LogP contribution in [-0.2, 0) is 4.79 Å². The molecule has 1 heterocycles. The number of anilines is 1. The molecule has 0 saturated carbocycles. The van der Waals surface area contributed by atoms with Crippen LogP contribution in [-0.4, -0.2) is 11.0 Å². The number of aliphatic hydroxyl groups is 1. The summed E-state index contributed by atoms with van der Waals surface area (Å²) in [5.41, 5.74) is 1.32. The Hall–Kier alpha value is -0.870. The van der Waals surface area contributed by atoms with Gasteiger partial charge in [0.05, 0.1) is 0 Å². The van der Waals surface area contributed by atoms with Gasteiger partial charge in [0.25, 0.3) is 5.91 Å². The number of aliphatic hydroxyl groups excluding tert-OH is 1. The van der Waals surface area contributed by atoms with Crippen molar-refractivity contribution < 1.29 is 9.90 Å². The molecule has 3 nitrogen and oxygen atoms in total. The second-order valence-electron chi connectivity index (χ2n) is 2.62. The van der Waals surface area contributed by atoms with Gasteiger partial charge in [-0.1, -0.05) is 22.0 Å². The molecule has 0 spiro atoms. The molecule has 2 rings (SSSR count). The summed E-state index contributed by atoms with van der Waals surface area (Å²) in [5, 5.41) is 11.9. The second-order valence-corrected chi connectivity index (χ2v) is 3.54. The van der Waals surface area contributed by atoms with Gasteiger partial charge in [-0.15, -0.1) is 0 Å². The van der Waals surface area contributed by atoms with E-state index in [0.29, 0.717) is 11.3 Å². The van der Waals surface area contributed by atoms with Crippen molar-refractivity contribution in [1.29, 1.82) is 0 Å². The van der Waals surface area contributed by atoms with E-state index in [9.17, 15) is 9.90 Å². The Kier molecular flexibility index (Phi) is 1.66. The lowest BCUT2D eigenvalue weighted by molar-refractivity contribution is -0.123. The van der Waals surface area contributed by atoms with Gasteiger partial charge in [0.2, 0.25) is 0 Å². The van der Waals surface area contributed by atoms with Crippen molar-refractivity contribution in [3.63, 3.8) is 0 Å². The molecule has 0 bridgehead atoms. The lowest BCUT2D eigenvalue weighted by atomic mass is 10.1. The van der Waals surface area contributed by atoms with Gasteiger partial charge in [-0.05, 0) is 12.1 Å². The lowest BCUT2D eigenvalue weighted by Gasteiger charge is -1.99. The first kappa shape index (κ1) is 7.76. The fourth-order valence-electron chi connectivity index (χ4n) is 1.22. The van der Waals surface area contributed by atoms with E-state index in [1.54, 1.807) is 18.2 Å². The van der Waals surface area contributed by atoms with Crippen LogP contribution in [0.25, 0.3) is 0 Å². The third-order valence-electron chi connectivity index (χ3n) is 1.82. The first-order valence-corrected chi connectivity index (χ1v) is 4.26. The van der Waals surface area contributed by atoms with Crippen molar-refractivity contribution in [2.24, 2.45) is 0 Å². The monoisotopic (exact) mass is 227 g/mol. The highest BCUT2D eigenvalue weighted by atomic mass is 79.9. The van der Waals surface area contributed by atoms with Crippen molar-refractivity contribution in [1.82, 2.24) is 0 Å². The zero-order valence-corrected chi connectivity index (χ0v) is 7.63. The molecule has 0 aromatic heterocycles. The molecule has 2 N–H and O–H groups in total. The predicted molar refractivity (Wildman–Crippen MR) is 47.7 cm³/mol. The maximum absolute atomic E-state index is 11.0. The fourth-order valence-corrected chi connectivity index (χ4v) is 1.58. The Balaban J connectivity index is 2.54. The minimum absolute atomic E-state index is 0.358. The molecule has 0 unspecified atom stereocenters. The highest BCUT2D eigenvalue weighted by Gasteiger charge is 2.27. The Morgan fingerprint density at radius 2 is 2.25 bits per heavy atom. The van der Waals surface area contributed by atoms with Gasteiger partial charge in [-0.3, -0.25) is 4.79 Å². The van der Waals surface area contributed by atoms with Crippen LogP contribution >= 0.6 is 15.9 Å². The molecule has 1 aromatic carbocycles. The molecule has 0 radical (unpaired) electrons. The Morgan fingerprint density at radius 1 is 1.50 bits per heavy atom. The quantitative estimate of drug-likeness (QED) is 0.705. The van der Waals surface area contributed by atoms with E-state index in [0.717, 1.165) is 4.47 Å². The minimum atomic E-state index is -1.01. The van der Waals surface area contributed by atoms with Crippen molar-refractivity contribution in [3.05, 3.63) is 28.2 Å². The standard InChI is InChI=1S/C8H6BrNO2/c9-4-1-2-5-6(3-4)10-8(12)7(5)11/h1-3,7,11H,(H,10,12)/t7-/m1/s1. The third kappa shape index (κ3) is 1.04. The largest absolute Gasteiger partial charge is 0.378 e. The number of carbonyl (C=O) groups is 1. The highest BCUT2D eigenvalue weighted by Crippen LogP contribution is 2.32. The maximum atomic E-state index is 11.0. The van der Waals surface area contributed by atoms with Crippen molar-refractivity contribution >= 4 is 27.5 Å². The fraction of sp³-hybridized carbons (Fsp3) is 0.125. The van der Waals surface area contributed by atoms with Crippen LogP contribution in [0.4, 0.5) is 5.69 Å². The van der Waals surface area contributed by atoms with Crippen LogP contribution in [0.3, 0.4) is 0 Å². The van der Waals surface area contributed by atoms with Crippen LogP contribution in [0, 0.1) is 0 Å². The molecule has 1 aromatic rings. The van der Waals surface area contributed by atoms with Crippen molar-refractivity contribution in [2.75, 3.05) is 5.32 Å². The number of nitrogens with one attached hydrogen (secondary N) is 1. The van der Waals surface area contributed by atoms with Gasteiger partial charge in [-0.2, -0.15) is 0 Å². The number of carbonyl (C=O) groups excluding carboxylic acids is 1. The molecule has 1 aliphatic heterocycles. The maximum Gasteiger partial charge on any atom is 0.257 e. The smallest absolute Gasteiger partial charge is 0.257 e. The Bertz CT molecular complexity index is 351. The van der Waals surface area contributed by atoms with Crippen molar-refractivity contribution in [2.45, 2.75) is 6.10 Å². The molecule has 0 aliphatic carbocycles. The molecule has 1 atom stereocenters. The number of rotatable bonds is 0.